The molecule has 0 atom stereocenters. The molecule has 0 aliphatic carbocycles. The van der Waals surface area contributed by atoms with Gasteiger partial charge in [0.15, 0.2) is 5.11 Å². The lowest BCUT2D eigenvalue weighted by Crippen LogP contribution is -2.34. The minimum Gasteiger partial charge on any atom is -0.356 e. The molecule has 26 heavy (non-hydrogen) atoms. The SMILES string of the molecule is O=C(NC(=S)Nc1ccc(Nc2ccccc2)cc1)c1ccccc1Cl. The van der Waals surface area contributed by atoms with Gasteiger partial charge in [0.1, 0.15) is 0 Å². The first-order chi connectivity index (χ1) is 12.6. The van der Waals surface area contributed by atoms with E-state index in [1.807, 2.05) is 54.6 Å². The topological polar surface area (TPSA) is 53.2 Å². The Morgan fingerprint density at radius 3 is 2.04 bits per heavy atom. The van der Waals surface area contributed by atoms with Crippen molar-refractivity contribution in [1.82, 2.24) is 5.32 Å². The number of nitrogens with one attached hydrogen (secondary N) is 3. The second kappa shape index (κ2) is 8.47. The fraction of sp³-hybridized carbons (Fsp3) is 0. The zero-order valence-electron chi connectivity index (χ0n) is 13.7. The number of hydrogen-bond donors (Lipinski definition) is 3. The van der Waals surface area contributed by atoms with Gasteiger partial charge in [-0.3, -0.25) is 10.1 Å². The molecular formula is C20H16ClN3OS. The molecule has 0 aliphatic rings. The van der Waals surface area contributed by atoms with Crippen LogP contribution in [0.15, 0.2) is 78.9 Å². The van der Waals surface area contributed by atoms with E-state index in [-0.39, 0.29) is 11.0 Å². The number of thiocarbonyl (C=S) groups is 1. The zero-order chi connectivity index (χ0) is 18.4. The van der Waals surface area contributed by atoms with Crippen LogP contribution in [-0.4, -0.2) is 11.0 Å². The molecule has 6 heteroatoms. The van der Waals surface area contributed by atoms with Crippen molar-refractivity contribution in [3.8, 4) is 0 Å². The van der Waals surface area contributed by atoms with Gasteiger partial charge in [-0.25, -0.2) is 0 Å². The zero-order valence-corrected chi connectivity index (χ0v) is 15.3. The molecule has 0 fully saturated rings. The van der Waals surface area contributed by atoms with E-state index < -0.39 is 0 Å². The summed E-state index contributed by atoms with van der Waals surface area (Å²) < 4.78 is 0. The van der Waals surface area contributed by atoms with Crippen LogP contribution < -0.4 is 16.0 Å². The number of carbonyl (C=O) groups excluding carboxylic acids is 1. The number of benzene rings is 3. The average Bonchev–Trinajstić information content (AvgIpc) is 2.64. The van der Waals surface area contributed by atoms with Crippen molar-refractivity contribution in [1.29, 1.82) is 0 Å². The Labute approximate surface area is 162 Å². The Balaban J connectivity index is 1.58. The summed E-state index contributed by atoms with van der Waals surface area (Å²) in [6.07, 6.45) is 0. The first-order valence-corrected chi connectivity index (χ1v) is 8.69. The highest BCUT2D eigenvalue weighted by atomic mass is 35.5. The highest BCUT2D eigenvalue weighted by molar-refractivity contribution is 7.80. The highest BCUT2D eigenvalue weighted by Crippen LogP contribution is 2.19. The molecular weight excluding hydrogens is 366 g/mol. The number of amides is 1. The Hall–Kier alpha value is -2.89. The minimum atomic E-state index is -0.351. The maximum absolute atomic E-state index is 12.2. The number of para-hydroxylation sites is 1. The number of anilines is 3. The number of carbonyl (C=O) groups is 1. The normalized spacial score (nSPS) is 10.0. The van der Waals surface area contributed by atoms with Gasteiger partial charge in [-0.15, -0.1) is 0 Å². The van der Waals surface area contributed by atoms with Gasteiger partial charge in [-0.1, -0.05) is 41.9 Å². The highest BCUT2D eigenvalue weighted by Gasteiger charge is 2.11. The number of hydrogen-bond acceptors (Lipinski definition) is 3. The van der Waals surface area contributed by atoms with E-state index >= 15 is 0 Å². The molecule has 0 unspecified atom stereocenters. The molecule has 130 valence electrons. The summed E-state index contributed by atoms with van der Waals surface area (Å²) in [6, 6.07) is 24.3. The summed E-state index contributed by atoms with van der Waals surface area (Å²) in [7, 11) is 0. The van der Waals surface area contributed by atoms with Crippen LogP contribution in [0.2, 0.25) is 5.02 Å². The molecule has 3 N–H and O–H groups in total. The molecule has 0 spiro atoms. The minimum absolute atomic E-state index is 0.207. The van der Waals surface area contributed by atoms with Gasteiger partial charge in [0, 0.05) is 17.1 Å². The van der Waals surface area contributed by atoms with Crippen LogP contribution in [0.5, 0.6) is 0 Å². The molecule has 3 aromatic carbocycles. The second-order valence-corrected chi connectivity index (χ2v) is 6.27. The lowest BCUT2D eigenvalue weighted by Gasteiger charge is -2.11. The van der Waals surface area contributed by atoms with E-state index in [1.54, 1.807) is 24.3 Å². The van der Waals surface area contributed by atoms with E-state index in [0.717, 1.165) is 17.1 Å². The summed E-state index contributed by atoms with van der Waals surface area (Å²) in [4.78, 5) is 12.2. The predicted octanol–water partition coefficient (Wildman–Crippen LogP) is 5.21. The van der Waals surface area contributed by atoms with Gasteiger partial charge >= 0.3 is 0 Å². The van der Waals surface area contributed by atoms with Gasteiger partial charge in [0.05, 0.1) is 10.6 Å². The molecule has 4 nitrogen and oxygen atoms in total. The van der Waals surface area contributed by atoms with E-state index in [0.29, 0.717) is 10.6 Å². The Morgan fingerprint density at radius 2 is 1.35 bits per heavy atom. The van der Waals surface area contributed by atoms with Crippen LogP contribution in [0.25, 0.3) is 0 Å². The van der Waals surface area contributed by atoms with Crippen LogP contribution in [0, 0.1) is 0 Å². The Kier molecular flexibility index (Phi) is 5.84. The largest absolute Gasteiger partial charge is 0.356 e. The fourth-order valence-corrected chi connectivity index (χ4v) is 2.74. The van der Waals surface area contributed by atoms with Crippen LogP contribution in [-0.2, 0) is 0 Å². The standard InChI is InChI=1S/C20H16ClN3OS/c21-18-9-5-4-8-17(18)19(25)24-20(26)23-16-12-10-15(11-13-16)22-14-6-2-1-3-7-14/h1-13,22H,(H2,23,24,25,26). The van der Waals surface area contributed by atoms with Crippen LogP contribution in [0.1, 0.15) is 10.4 Å². The molecule has 3 rings (SSSR count). The van der Waals surface area contributed by atoms with Crippen molar-refractivity contribution in [3.05, 3.63) is 89.4 Å². The van der Waals surface area contributed by atoms with Gasteiger partial charge < -0.3 is 10.6 Å². The molecule has 1 amide bonds. The third-order valence-electron chi connectivity index (χ3n) is 3.55. The van der Waals surface area contributed by atoms with E-state index in [1.165, 1.54) is 0 Å². The summed E-state index contributed by atoms with van der Waals surface area (Å²) in [6.45, 7) is 0. The van der Waals surface area contributed by atoms with Crippen LogP contribution in [0.4, 0.5) is 17.1 Å². The monoisotopic (exact) mass is 381 g/mol. The van der Waals surface area contributed by atoms with Crippen molar-refractivity contribution >= 4 is 51.9 Å². The van der Waals surface area contributed by atoms with Crippen molar-refractivity contribution in [2.45, 2.75) is 0 Å². The smallest absolute Gasteiger partial charge is 0.258 e. The average molecular weight is 382 g/mol. The summed E-state index contributed by atoms with van der Waals surface area (Å²) >= 11 is 11.2. The lowest BCUT2D eigenvalue weighted by molar-refractivity contribution is 0.0978. The molecule has 0 heterocycles. The molecule has 0 saturated carbocycles. The van der Waals surface area contributed by atoms with Crippen molar-refractivity contribution < 1.29 is 4.79 Å². The van der Waals surface area contributed by atoms with Crippen molar-refractivity contribution in [2.75, 3.05) is 10.6 Å². The Morgan fingerprint density at radius 1 is 0.769 bits per heavy atom. The van der Waals surface area contributed by atoms with Crippen molar-refractivity contribution in [2.24, 2.45) is 0 Å². The van der Waals surface area contributed by atoms with Gasteiger partial charge in [-0.05, 0) is 60.7 Å². The fourth-order valence-electron chi connectivity index (χ4n) is 2.30. The number of rotatable bonds is 4. The van der Waals surface area contributed by atoms with Crippen LogP contribution >= 0.6 is 23.8 Å². The summed E-state index contributed by atoms with van der Waals surface area (Å²) in [5, 5.41) is 9.49. The molecule has 0 aliphatic heterocycles. The van der Waals surface area contributed by atoms with Gasteiger partial charge in [0.2, 0.25) is 0 Å². The molecule has 0 saturated heterocycles. The van der Waals surface area contributed by atoms with Gasteiger partial charge in [-0.2, -0.15) is 0 Å². The number of halogens is 1. The molecule has 0 aromatic heterocycles. The molecule has 0 radical (unpaired) electrons. The first kappa shape index (κ1) is 17.9. The summed E-state index contributed by atoms with van der Waals surface area (Å²) in [5.74, 6) is -0.351. The maximum Gasteiger partial charge on any atom is 0.258 e. The predicted molar refractivity (Wildman–Crippen MR) is 111 cm³/mol. The maximum atomic E-state index is 12.2. The van der Waals surface area contributed by atoms with E-state index in [2.05, 4.69) is 16.0 Å². The Bertz CT molecular complexity index is 914. The van der Waals surface area contributed by atoms with E-state index in [9.17, 15) is 4.79 Å². The van der Waals surface area contributed by atoms with Crippen molar-refractivity contribution in [3.63, 3.8) is 0 Å². The quantitative estimate of drug-likeness (QED) is 0.543. The van der Waals surface area contributed by atoms with Gasteiger partial charge in [0.25, 0.3) is 5.91 Å². The van der Waals surface area contributed by atoms with Crippen LogP contribution in [0.3, 0.4) is 0 Å². The second-order valence-electron chi connectivity index (χ2n) is 5.46. The lowest BCUT2D eigenvalue weighted by atomic mass is 10.2. The first-order valence-electron chi connectivity index (χ1n) is 7.91. The molecule has 3 aromatic rings. The third-order valence-corrected chi connectivity index (χ3v) is 4.08. The summed E-state index contributed by atoms with van der Waals surface area (Å²) in [5.41, 5.74) is 3.11. The third kappa shape index (κ3) is 4.81. The van der Waals surface area contributed by atoms with E-state index in [4.69, 9.17) is 23.8 Å². The molecule has 0 bridgehead atoms.